The van der Waals surface area contributed by atoms with Gasteiger partial charge in [-0.25, -0.2) is 0 Å². The minimum absolute atomic E-state index is 0.0247. The van der Waals surface area contributed by atoms with Crippen LogP contribution in [0.15, 0.2) is 60.7 Å². The molecule has 1 aliphatic heterocycles. The number of nitrogens with one attached hydrogen (secondary N) is 1. The lowest BCUT2D eigenvalue weighted by Gasteiger charge is -2.47. The highest BCUT2D eigenvalue weighted by Crippen LogP contribution is 2.34. The summed E-state index contributed by atoms with van der Waals surface area (Å²) in [6.07, 6.45) is -7.93. The average molecular weight is 429 g/mol. The van der Waals surface area contributed by atoms with Crippen molar-refractivity contribution in [2.24, 2.45) is 0 Å². The van der Waals surface area contributed by atoms with E-state index in [4.69, 9.17) is 4.74 Å². The standard InChI is InChI=1S/C22H23NO8/c1-12(24)23-18-21(29)31-17(16(26)15(25)13-8-4-2-5-9-13)20(28)22(18,30)19(27)14-10-6-3-7-11-14/h2-11,15,17-18,20-21,25,28-30H,1H3,(H,23,24)/t15?,17-,18-,20+,21+,22+/m1/s1. The first-order valence-corrected chi connectivity index (χ1v) is 9.55. The number of Topliss-reactive ketones (excluding diaryl/α,β-unsaturated/α-hetero) is 2. The van der Waals surface area contributed by atoms with Gasteiger partial charge in [-0.3, -0.25) is 14.4 Å². The Hall–Kier alpha value is -2.95. The molecule has 5 N–H and O–H groups in total. The van der Waals surface area contributed by atoms with Crippen LogP contribution in [0.3, 0.4) is 0 Å². The summed E-state index contributed by atoms with van der Waals surface area (Å²) in [6, 6.07) is 13.4. The van der Waals surface area contributed by atoms with Crippen molar-refractivity contribution >= 4 is 17.5 Å². The van der Waals surface area contributed by atoms with E-state index in [1.54, 1.807) is 24.3 Å². The summed E-state index contributed by atoms with van der Waals surface area (Å²) in [5.74, 6) is -2.82. The molecule has 9 nitrogen and oxygen atoms in total. The number of aliphatic hydroxyl groups is 4. The lowest BCUT2D eigenvalue weighted by atomic mass is 9.75. The summed E-state index contributed by atoms with van der Waals surface area (Å²) in [7, 11) is 0. The van der Waals surface area contributed by atoms with Gasteiger partial charge in [0.15, 0.2) is 29.6 Å². The molecule has 1 amide bonds. The third-order valence-electron chi connectivity index (χ3n) is 5.21. The molecular formula is C22H23NO8. The molecule has 6 atom stereocenters. The number of benzene rings is 2. The van der Waals surface area contributed by atoms with Crippen LogP contribution in [0.25, 0.3) is 0 Å². The van der Waals surface area contributed by atoms with E-state index in [-0.39, 0.29) is 11.1 Å². The van der Waals surface area contributed by atoms with Gasteiger partial charge in [0.2, 0.25) is 5.91 Å². The largest absolute Gasteiger partial charge is 0.386 e. The first-order valence-electron chi connectivity index (χ1n) is 9.55. The third-order valence-corrected chi connectivity index (χ3v) is 5.21. The number of ketones is 2. The SMILES string of the molecule is CC(=O)N[C@@H]1[C@@H](O)O[C@H](C(=O)C(O)c2ccccc2)[C@H](O)[C@@]1(O)C(=O)c1ccccc1. The number of hydrogen-bond donors (Lipinski definition) is 5. The van der Waals surface area contributed by atoms with Crippen LogP contribution < -0.4 is 5.32 Å². The minimum atomic E-state index is -2.82. The van der Waals surface area contributed by atoms with Crippen molar-refractivity contribution in [2.45, 2.75) is 43.2 Å². The van der Waals surface area contributed by atoms with E-state index in [9.17, 15) is 34.8 Å². The minimum Gasteiger partial charge on any atom is -0.386 e. The highest BCUT2D eigenvalue weighted by molar-refractivity contribution is 6.04. The smallest absolute Gasteiger partial charge is 0.217 e. The third kappa shape index (κ3) is 4.27. The lowest BCUT2D eigenvalue weighted by Crippen LogP contribution is -2.75. The predicted molar refractivity (Wildman–Crippen MR) is 107 cm³/mol. The van der Waals surface area contributed by atoms with Gasteiger partial charge in [-0.2, -0.15) is 0 Å². The van der Waals surface area contributed by atoms with Gasteiger partial charge < -0.3 is 30.5 Å². The van der Waals surface area contributed by atoms with E-state index >= 15 is 0 Å². The summed E-state index contributed by atoms with van der Waals surface area (Å²) in [5, 5.41) is 45.3. The summed E-state index contributed by atoms with van der Waals surface area (Å²) >= 11 is 0. The Morgan fingerprint density at radius 2 is 1.55 bits per heavy atom. The zero-order chi connectivity index (χ0) is 22.8. The van der Waals surface area contributed by atoms with Gasteiger partial charge in [-0.15, -0.1) is 0 Å². The molecule has 0 radical (unpaired) electrons. The van der Waals surface area contributed by atoms with Crippen LogP contribution >= 0.6 is 0 Å². The van der Waals surface area contributed by atoms with E-state index in [1.165, 1.54) is 36.4 Å². The lowest BCUT2D eigenvalue weighted by molar-refractivity contribution is -0.262. The second kappa shape index (κ2) is 9.04. The highest BCUT2D eigenvalue weighted by atomic mass is 16.6. The predicted octanol–water partition coefficient (Wildman–Crippen LogP) is -0.514. The number of rotatable bonds is 6. The fourth-order valence-corrected chi connectivity index (χ4v) is 3.61. The monoisotopic (exact) mass is 429 g/mol. The average Bonchev–Trinajstić information content (AvgIpc) is 2.78. The molecule has 1 saturated heterocycles. The molecule has 1 heterocycles. The van der Waals surface area contributed by atoms with Crippen LogP contribution in [0.2, 0.25) is 0 Å². The topological polar surface area (TPSA) is 153 Å². The van der Waals surface area contributed by atoms with Gasteiger partial charge in [0, 0.05) is 12.5 Å². The fraction of sp³-hybridized carbons (Fsp3) is 0.318. The molecule has 164 valence electrons. The van der Waals surface area contributed by atoms with Crippen LogP contribution in [-0.2, 0) is 14.3 Å². The second-order valence-corrected chi connectivity index (χ2v) is 7.31. The maximum atomic E-state index is 13.2. The fourth-order valence-electron chi connectivity index (χ4n) is 3.61. The summed E-state index contributed by atoms with van der Waals surface area (Å²) in [4.78, 5) is 37.7. The molecule has 0 aliphatic carbocycles. The molecule has 3 rings (SSSR count). The summed E-state index contributed by atoms with van der Waals surface area (Å²) < 4.78 is 5.17. The Morgan fingerprint density at radius 1 is 1.00 bits per heavy atom. The maximum Gasteiger partial charge on any atom is 0.217 e. The van der Waals surface area contributed by atoms with Crippen LogP contribution in [0.5, 0.6) is 0 Å². The van der Waals surface area contributed by atoms with E-state index in [0.717, 1.165) is 6.92 Å². The van der Waals surface area contributed by atoms with E-state index in [0.29, 0.717) is 0 Å². The van der Waals surface area contributed by atoms with Crippen molar-refractivity contribution in [1.29, 1.82) is 0 Å². The molecular weight excluding hydrogens is 406 g/mol. The number of carbonyl (C=O) groups excluding carboxylic acids is 3. The molecule has 31 heavy (non-hydrogen) atoms. The Balaban J connectivity index is 2.01. The van der Waals surface area contributed by atoms with Crippen molar-refractivity contribution < 1.29 is 39.5 Å². The zero-order valence-electron chi connectivity index (χ0n) is 16.6. The molecule has 1 fully saturated rings. The van der Waals surface area contributed by atoms with Gasteiger partial charge >= 0.3 is 0 Å². The molecule has 0 spiro atoms. The van der Waals surface area contributed by atoms with Gasteiger partial charge in [0.05, 0.1) is 0 Å². The second-order valence-electron chi connectivity index (χ2n) is 7.31. The molecule has 0 bridgehead atoms. The van der Waals surface area contributed by atoms with Gasteiger partial charge in [0.1, 0.15) is 18.2 Å². The van der Waals surface area contributed by atoms with Crippen LogP contribution in [0.1, 0.15) is 28.9 Å². The van der Waals surface area contributed by atoms with E-state index in [2.05, 4.69) is 5.32 Å². The Morgan fingerprint density at radius 3 is 2.10 bits per heavy atom. The molecule has 0 aromatic heterocycles. The van der Waals surface area contributed by atoms with E-state index < -0.39 is 53.7 Å². The van der Waals surface area contributed by atoms with Crippen molar-refractivity contribution in [3.63, 3.8) is 0 Å². The summed E-state index contributed by atoms with van der Waals surface area (Å²) in [5.41, 5.74) is -2.65. The van der Waals surface area contributed by atoms with E-state index in [1.807, 2.05) is 0 Å². The zero-order valence-corrected chi connectivity index (χ0v) is 16.6. The molecule has 0 saturated carbocycles. The molecule has 2 aromatic rings. The number of ether oxygens (including phenoxy) is 1. The first kappa shape index (κ1) is 22.7. The van der Waals surface area contributed by atoms with Crippen LogP contribution in [0, 0.1) is 0 Å². The van der Waals surface area contributed by atoms with Crippen molar-refractivity contribution in [3.05, 3.63) is 71.8 Å². The molecule has 1 unspecified atom stereocenters. The normalized spacial score (nSPS) is 29.1. The number of carbonyl (C=O) groups is 3. The van der Waals surface area contributed by atoms with Crippen molar-refractivity contribution in [3.8, 4) is 0 Å². The quantitative estimate of drug-likeness (QED) is 0.385. The molecule has 1 aliphatic rings. The van der Waals surface area contributed by atoms with Crippen LogP contribution in [-0.4, -0.2) is 68.0 Å². The number of hydrogen-bond acceptors (Lipinski definition) is 8. The first-order chi connectivity index (χ1) is 14.7. The number of amides is 1. The summed E-state index contributed by atoms with van der Waals surface area (Å²) in [6.45, 7) is 1.09. The van der Waals surface area contributed by atoms with Gasteiger partial charge in [-0.1, -0.05) is 60.7 Å². The number of aliphatic hydroxyl groups excluding tert-OH is 3. The van der Waals surface area contributed by atoms with Crippen LogP contribution in [0.4, 0.5) is 0 Å². The maximum absolute atomic E-state index is 13.2. The van der Waals surface area contributed by atoms with Crippen molar-refractivity contribution in [2.75, 3.05) is 0 Å². The van der Waals surface area contributed by atoms with Crippen molar-refractivity contribution in [1.82, 2.24) is 5.32 Å². The van der Waals surface area contributed by atoms with Gasteiger partial charge in [-0.05, 0) is 5.56 Å². The molecule has 9 heteroatoms. The Kier molecular flexibility index (Phi) is 6.63. The Bertz CT molecular complexity index is 950. The molecule has 2 aromatic carbocycles. The highest BCUT2D eigenvalue weighted by Gasteiger charge is 2.62. The van der Waals surface area contributed by atoms with Gasteiger partial charge in [0.25, 0.3) is 0 Å². The Labute approximate surface area is 177 Å².